The summed E-state index contributed by atoms with van der Waals surface area (Å²) in [7, 11) is 0. The number of aryl methyl sites for hydroxylation is 1. The Morgan fingerprint density at radius 1 is 1.17 bits per heavy atom. The second-order valence-corrected chi connectivity index (χ2v) is 11.9. The molecule has 4 heterocycles. The van der Waals surface area contributed by atoms with Gasteiger partial charge in [0.05, 0.1) is 29.4 Å². The number of halogens is 1. The first-order chi connectivity index (χ1) is 19.5. The van der Waals surface area contributed by atoms with Crippen molar-refractivity contribution in [1.29, 1.82) is 0 Å². The lowest BCUT2D eigenvalue weighted by atomic mass is 10.1. The van der Waals surface area contributed by atoms with Crippen LogP contribution in [0.5, 0.6) is 11.5 Å². The first kappa shape index (κ1) is 26.9. The number of carbonyl (C=O) groups excluding carboxylic acids is 2. The van der Waals surface area contributed by atoms with Gasteiger partial charge >= 0.3 is 0 Å². The molecule has 2 amide bonds. The van der Waals surface area contributed by atoms with Gasteiger partial charge in [0.2, 0.25) is 5.91 Å². The van der Waals surface area contributed by atoms with Crippen molar-refractivity contribution >= 4 is 28.4 Å². The quantitative estimate of drug-likeness (QED) is 0.354. The average Bonchev–Trinajstić information content (AvgIpc) is 3.69. The normalized spacial score (nSPS) is 18.2. The molecule has 2 saturated heterocycles. The van der Waals surface area contributed by atoms with E-state index in [1.807, 2.05) is 31.7 Å². The molecule has 0 saturated carbocycles. The lowest BCUT2D eigenvalue weighted by Crippen LogP contribution is -2.46. The fourth-order valence-electron chi connectivity index (χ4n) is 5.54. The standard InChI is InChI=1S/C31H33FN6O3/c1-18-9-20(11-29(39)36-22-14-35-38(17-22)31(2,3)4)25(32)13-28(18)41-27-7-8-33-26-6-5-19(10-24(26)27)30(40)37-16-21-12-23(37)15-34-21/h5-10,13-14,17,21,23,34H,11-12,15-16H2,1-4H3,(H,36,39)/t21-,23-/m0/s1. The Balaban J connectivity index is 1.19. The lowest BCUT2D eigenvalue weighted by molar-refractivity contribution is -0.115. The van der Waals surface area contributed by atoms with Crippen molar-refractivity contribution in [2.75, 3.05) is 18.4 Å². The van der Waals surface area contributed by atoms with E-state index in [1.165, 1.54) is 6.07 Å². The molecular weight excluding hydrogens is 523 g/mol. The van der Waals surface area contributed by atoms with Crippen molar-refractivity contribution in [1.82, 2.24) is 25.0 Å². The predicted molar refractivity (Wildman–Crippen MR) is 154 cm³/mol. The highest BCUT2D eigenvalue weighted by molar-refractivity contribution is 5.99. The van der Waals surface area contributed by atoms with Crippen LogP contribution in [0.15, 0.2) is 55.0 Å². The largest absolute Gasteiger partial charge is 0.456 e. The van der Waals surface area contributed by atoms with E-state index in [1.54, 1.807) is 54.5 Å². The van der Waals surface area contributed by atoms with Gasteiger partial charge in [-0.2, -0.15) is 5.10 Å². The molecule has 2 aromatic carbocycles. The number of aromatic nitrogens is 3. The second-order valence-electron chi connectivity index (χ2n) is 11.9. The molecule has 2 N–H and O–H groups in total. The molecule has 0 aliphatic carbocycles. The van der Waals surface area contributed by atoms with Gasteiger partial charge in [0.15, 0.2) is 0 Å². The minimum Gasteiger partial charge on any atom is -0.456 e. The summed E-state index contributed by atoms with van der Waals surface area (Å²) in [6, 6.07) is 10.6. The van der Waals surface area contributed by atoms with Gasteiger partial charge in [-0.05, 0) is 75.6 Å². The van der Waals surface area contributed by atoms with Gasteiger partial charge in [-0.15, -0.1) is 0 Å². The molecule has 0 radical (unpaired) electrons. The fourth-order valence-corrected chi connectivity index (χ4v) is 5.54. The zero-order valence-corrected chi connectivity index (χ0v) is 23.6. The third kappa shape index (κ3) is 5.39. The smallest absolute Gasteiger partial charge is 0.254 e. The van der Waals surface area contributed by atoms with Crippen LogP contribution < -0.4 is 15.4 Å². The molecule has 4 aromatic rings. The molecule has 0 unspecified atom stereocenters. The van der Waals surface area contributed by atoms with Crippen molar-refractivity contribution in [3.63, 3.8) is 0 Å². The van der Waals surface area contributed by atoms with E-state index < -0.39 is 5.82 Å². The Morgan fingerprint density at radius 3 is 2.71 bits per heavy atom. The topological polar surface area (TPSA) is 101 Å². The van der Waals surface area contributed by atoms with Gasteiger partial charge in [-0.3, -0.25) is 19.3 Å². The highest BCUT2D eigenvalue weighted by Crippen LogP contribution is 2.34. The van der Waals surface area contributed by atoms with Crippen molar-refractivity contribution in [3.8, 4) is 11.5 Å². The summed E-state index contributed by atoms with van der Waals surface area (Å²) in [5, 5.41) is 11.2. The number of anilines is 1. The summed E-state index contributed by atoms with van der Waals surface area (Å²) >= 11 is 0. The van der Waals surface area contributed by atoms with Crippen LogP contribution in [0.25, 0.3) is 10.9 Å². The fraction of sp³-hybridized carbons (Fsp3) is 0.355. The molecule has 2 atom stereocenters. The molecule has 2 aromatic heterocycles. The summed E-state index contributed by atoms with van der Waals surface area (Å²) in [4.78, 5) is 32.3. The number of ether oxygens (including phenoxy) is 1. The van der Waals surface area contributed by atoms with Crippen LogP contribution in [0.3, 0.4) is 0 Å². The predicted octanol–water partition coefficient (Wildman–Crippen LogP) is 4.79. The van der Waals surface area contributed by atoms with Crippen LogP contribution in [-0.4, -0.2) is 56.7 Å². The first-order valence-corrected chi connectivity index (χ1v) is 13.8. The number of fused-ring (bicyclic) bond motifs is 3. The molecule has 2 bridgehead atoms. The lowest BCUT2D eigenvalue weighted by Gasteiger charge is -2.27. The molecular formula is C31H33FN6O3. The summed E-state index contributed by atoms with van der Waals surface area (Å²) in [6.45, 7) is 9.37. The number of amides is 2. The molecule has 10 heteroatoms. The van der Waals surface area contributed by atoms with E-state index >= 15 is 4.39 Å². The van der Waals surface area contributed by atoms with Crippen LogP contribution in [0.2, 0.25) is 0 Å². The van der Waals surface area contributed by atoms with Gasteiger partial charge < -0.3 is 20.3 Å². The van der Waals surface area contributed by atoms with Gasteiger partial charge in [0, 0.05) is 54.6 Å². The summed E-state index contributed by atoms with van der Waals surface area (Å²) in [6.07, 6.45) is 5.80. The Kier molecular flexibility index (Phi) is 6.73. The monoisotopic (exact) mass is 556 g/mol. The van der Waals surface area contributed by atoms with Crippen molar-refractivity contribution in [2.45, 2.75) is 58.2 Å². The number of benzene rings is 2. The number of carbonyl (C=O) groups is 2. The van der Waals surface area contributed by atoms with Crippen LogP contribution in [0.1, 0.15) is 48.7 Å². The zero-order chi connectivity index (χ0) is 28.9. The van der Waals surface area contributed by atoms with Crippen LogP contribution in [-0.2, 0) is 16.8 Å². The number of rotatable bonds is 6. The third-order valence-electron chi connectivity index (χ3n) is 7.73. The molecule has 2 aliphatic heterocycles. The number of pyridine rings is 1. The second kappa shape index (κ2) is 10.3. The highest BCUT2D eigenvalue weighted by Gasteiger charge is 2.40. The Hall–Kier alpha value is -4.31. The maximum absolute atomic E-state index is 15.2. The number of nitrogens with zero attached hydrogens (tertiary/aromatic N) is 4. The molecule has 2 fully saturated rings. The molecule has 6 rings (SSSR count). The van der Waals surface area contributed by atoms with Crippen molar-refractivity contribution < 1.29 is 18.7 Å². The van der Waals surface area contributed by atoms with E-state index in [2.05, 4.69) is 20.7 Å². The summed E-state index contributed by atoms with van der Waals surface area (Å²) < 4.78 is 23.1. The number of hydrogen-bond acceptors (Lipinski definition) is 6. The maximum Gasteiger partial charge on any atom is 0.254 e. The van der Waals surface area contributed by atoms with Crippen LogP contribution in [0, 0.1) is 12.7 Å². The highest BCUT2D eigenvalue weighted by atomic mass is 19.1. The van der Waals surface area contributed by atoms with Gasteiger partial charge in [0.25, 0.3) is 5.91 Å². The van der Waals surface area contributed by atoms with Crippen LogP contribution >= 0.6 is 0 Å². The number of piperazine rings is 1. The van der Waals surface area contributed by atoms with Gasteiger partial charge in [-0.25, -0.2) is 4.39 Å². The van der Waals surface area contributed by atoms with E-state index in [-0.39, 0.29) is 35.4 Å². The maximum atomic E-state index is 15.2. The van der Waals surface area contributed by atoms with E-state index in [0.29, 0.717) is 51.8 Å². The first-order valence-electron chi connectivity index (χ1n) is 13.8. The van der Waals surface area contributed by atoms with Gasteiger partial charge in [0.1, 0.15) is 17.3 Å². The minimum absolute atomic E-state index is 0.00805. The number of nitrogens with one attached hydrogen (secondary N) is 2. The molecule has 9 nitrogen and oxygen atoms in total. The Morgan fingerprint density at radius 2 is 2.00 bits per heavy atom. The molecule has 2 aliphatic rings. The zero-order valence-electron chi connectivity index (χ0n) is 23.6. The number of likely N-dealkylation sites (tertiary alicyclic amines) is 1. The Labute approximate surface area is 237 Å². The SMILES string of the molecule is Cc1cc(CC(=O)Nc2cnn(C(C)(C)C)c2)c(F)cc1Oc1ccnc2ccc(C(=O)N3C[C@@H]4C[C@H]3CN4)cc12. The van der Waals surface area contributed by atoms with Crippen molar-refractivity contribution in [3.05, 3.63) is 77.5 Å². The van der Waals surface area contributed by atoms with E-state index in [4.69, 9.17) is 4.74 Å². The molecule has 0 spiro atoms. The van der Waals surface area contributed by atoms with E-state index in [9.17, 15) is 9.59 Å². The van der Waals surface area contributed by atoms with E-state index in [0.717, 1.165) is 13.0 Å². The van der Waals surface area contributed by atoms with Crippen molar-refractivity contribution in [2.24, 2.45) is 0 Å². The minimum atomic E-state index is -0.543. The average molecular weight is 557 g/mol. The number of hydrogen-bond donors (Lipinski definition) is 2. The molecule has 212 valence electrons. The summed E-state index contributed by atoms with van der Waals surface area (Å²) in [5.74, 6) is -0.0995. The van der Waals surface area contributed by atoms with Crippen LogP contribution in [0.4, 0.5) is 10.1 Å². The Bertz CT molecular complexity index is 1660. The van der Waals surface area contributed by atoms with Gasteiger partial charge in [-0.1, -0.05) is 0 Å². The summed E-state index contributed by atoms with van der Waals surface area (Å²) in [5.41, 5.74) is 2.51. The molecule has 41 heavy (non-hydrogen) atoms. The third-order valence-corrected chi connectivity index (χ3v) is 7.73.